The first-order chi connectivity index (χ1) is 12.0. The van der Waals surface area contributed by atoms with E-state index in [2.05, 4.69) is 36.1 Å². The molecule has 0 radical (unpaired) electrons. The summed E-state index contributed by atoms with van der Waals surface area (Å²) in [5.74, 6) is 0. The molecule has 2 fully saturated rings. The monoisotopic (exact) mass is 392 g/mol. The highest BCUT2D eigenvalue weighted by molar-refractivity contribution is 7.89. The molecule has 3 atom stereocenters. The second kappa shape index (κ2) is 7.31. The van der Waals surface area contributed by atoms with Crippen molar-refractivity contribution in [2.24, 2.45) is 0 Å². The number of hydrogen-bond acceptors (Lipinski definition) is 3. The predicted octanol–water partition coefficient (Wildman–Crippen LogP) is 3.63. The number of hydrogen-bond donors (Lipinski definition) is 0. The van der Waals surface area contributed by atoms with Gasteiger partial charge in [0.05, 0.1) is 4.90 Å². The molecule has 2 aliphatic rings. The summed E-state index contributed by atoms with van der Waals surface area (Å²) in [6.07, 6.45) is 0.933. The Kier molecular flexibility index (Phi) is 5.45. The van der Waals surface area contributed by atoms with Crippen LogP contribution in [0.25, 0.3) is 0 Å². The molecule has 0 amide bonds. The highest BCUT2D eigenvalue weighted by Gasteiger charge is 2.49. The molecule has 0 aromatic heterocycles. The fraction of sp³-hybridized carbons (Fsp3) is 0.400. The van der Waals surface area contributed by atoms with Gasteiger partial charge >= 0.3 is 0 Å². The van der Waals surface area contributed by atoms with Crippen molar-refractivity contribution >= 4 is 22.4 Å². The summed E-state index contributed by atoms with van der Waals surface area (Å²) in [6, 6.07) is 18.3. The van der Waals surface area contributed by atoms with E-state index >= 15 is 0 Å². The molecule has 2 saturated heterocycles. The summed E-state index contributed by atoms with van der Waals surface area (Å²) in [5, 5.41) is 0. The molecular formula is C20H25ClN2O2S. The number of benzene rings is 2. The number of likely N-dealkylation sites (tertiary alicyclic amines) is 1. The molecule has 0 saturated carbocycles. The molecular weight excluding hydrogens is 368 g/mol. The van der Waals surface area contributed by atoms with Crippen LogP contribution >= 0.6 is 12.4 Å². The van der Waals surface area contributed by atoms with Crippen LogP contribution < -0.4 is 0 Å². The zero-order valence-electron chi connectivity index (χ0n) is 15.1. The SMILES string of the molecule is Cc1ccc(S(=O)(=O)N2C[C@@H]3C[C@H]2CN3[C@@H](C)c2ccccc2)cc1.Cl. The molecule has 0 aliphatic carbocycles. The predicted molar refractivity (Wildman–Crippen MR) is 106 cm³/mol. The Balaban J connectivity index is 0.00000196. The number of fused-ring (bicyclic) bond motifs is 2. The highest BCUT2D eigenvalue weighted by Crippen LogP contribution is 2.39. The Hall–Kier alpha value is -1.40. The lowest BCUT2D eigenvalue weighted by atomic mass is 10.1. The minimum absolute atomic E-state index is 0. The van der Waals surface area contributed by atoms with E-state index in [0.29, 0.717) is 23.5 Å². The van der Waals surface area contributed by atoms with Gasteiger partial charge in [0.25, 0.3) is 0 Å². The zero-order chi connectivity index (χ0) is 17.6. The number of sulfonamides is 1. The molecule has 6 heteroatoms. The van der Waals surface area contributed by atoms with Crippen molar-refractivity contribution in [3.8, 4) is 0 Å². The third-order valence-corrected chi connectivity index (χ3v) is 7.57. The van der Waals surface area contributed by atoms with E-state index < -0.39 is 10.0 Å². The molecule has 2 aliphatic heterocycles. The van der Waals surface area contributed by atoms with Crippen LogP contribution in [0, 0.1) is 6.92 Å². The van der Waals surface area contributed by atoms with Crippen LogP contribution in [-0.4, -0.2) is 42.8 Å². The van der Waals surface area contributed by atoms with Crippen molar-refractivity contribution in [2.75, 3.05) is 13.1 Å². The van der Waals surface area contributed by atoms with Gasteiger partial charge in [0.15, 0.2) is 0 Å². The summed E-state index contributed by atoms with van der Waals surface area (Å²) >= 11 is 0. The van der Waals surface area contributed by atoms with Crippen LogP contribution in [0.4, 0.5) is 0 Å². The third kappa shape index (κ3) is 3.29. The van der Waals surface area contributed by atoms with Gasteiger partial charge < -0.3 is 0 Å². The van der Waals surface area contributed by atoms with Crippen LogP contribution in [0.2, 0.25) is 0 Å². The van der Waals surface area contributed by atoms with Crippen molar-refractivity contribution in [2.45, 2.75) is 43.3 Å². The van der Waals surface area contributed by atoms with Crippen LogP contribution in [0.5, 0.6) is 0 Å². The molecule has 26 heavy (non-hydrogen) atoms. The van der Waals surface area contributed by atoms with Gasteiger partial charge in [0, 0.05) is 31.2 Å². The number of aryl methyl sites for hydroxylation is 1. The quantitative estimate of drug-likeness (QED) is 0.797. The summed E-state index contributed by atoms with van der Waals surface area (Å²) < 4.78 is 27.7. The standard InChI is InChI=1S/C20H24N2O2S.ClH/c1-15-8-10-20(11-9-15)25(23,24)22-14-18-12-19(22)13-21(18)16(2)17-6-4-3-5-7-17;/h3-11,16,18-19H,12-14H2,1-2H3;1H/t16-,18-,19-;/m0./s1. The Morgan fingerprint density at radius 3 is 2.19 bits per heavy atom. The molecule has 4 rings (SSSR count). The lowest BCUT2D eigenvalue weighted by Gasteiger charge is -2.37. The van der Waals surface area contributed by atoms with E-state index in [4.69, 9.17) is 0 Å². The van der Waals surface area contributed by atoms with E-state index in [1.54, 1.807) is 16.4 Å². The van der Waals surface area contributed by atoms with Gasteiger partial charge in [-0.15, -0.1) is 12.4 Å². The molecule has 2 bridgehead atoms. The van der Waals surface area contributed by atoms with Gasteiger partial charge in [-0.1, -0.05) is 48.0 Å². The normalized spacial score (nSPS) is 24.4. The van der Waals surface area contributed by atoms with Gasteiger partial charge in [-0.2, -0.15) is 4.31 Å². The first kappa shape index (κ1) is 19.4. The average molecular weight is 393 g/mol. The van der Waals surface area contributed by atoms with Crippen molar-refractivity contribution in [3.63, 3.8) is 0 Å². The van der Waals surface area contributed by atoms with Crippen molar-refractivity contribution in [3.05, 3.63) is 65.7 Å². The van der Waals surface area contributed by atoms with E-state index in [1.165, 1.54) is 5.56 Å². The molecule has 0 N–H and O–H groups in total. The highest BCUT2D eigenvalue weighted by atomic mass is 35.5. The molecule has 2 heterocycles. The summed E-state index contributed by atoms with van der Waals surface area (Å²) in [7, 11) is -3.39. The van der Waals surface area contributed by atoms with Gasteiger partial charge in [-0.25, -0.2) is 8.42 Å². The summed E-state index contributed by atoms with van der Waals surface area (Å²) in [4.78, 5) is 2.87. The Labute approximate surface area is 162 Å². The molecule has 140 valence electrons. The Bertz CT molecular complexity index is 855. The lowest BCUT2D eigenvalue weighted by molar-refractivity contribution is 0.138. The van der Waals surface area contributed by atoms with Gasteiger partial charge in [-0.3, -0.25) is 4.90 Å². The van der Waals surface area contributed by atoms with Gasteiger partial charge in [-0.05, 0) is 38.0 Å². The smallest absolute Gasteiger partial charge is 0.243 e. The first-order valence-corrected chi connectivity index (χ1v) is 10.3. The van der Waals surface area contributed by atoms with Gasteiger partial charge in [0.1, 0.15) is 0 Å². The van der Waals surface area contributed by atoms with Gasteiger partial charge in [0.2, 0.25) is 10.0 Å². The van der Waals surface area contributed by atoms with Crippen molar-refractivity contribution in [1.29, 1.82) is 0 Å². The maximum Gasteiger partial charge on any atom is 0.243 e. The number of halogens is 1. The largest absolute Gasteiger partial charge is 0.291 e. The maximum atomic E-state index is 13.0. The van der Waals surface area contributed by atoms with E-state index in [9.17, 15) is 8.42 Å². The van der Waals surface area contributed by atoms with E-state index in [1.807, 2.05) is 25.1 Å². The lowest BCUT2D eigenvalue weighted by Crippen LogP contribution is -2.49. The number of rotatable bonds is 4. The molecule has 4 nitrogen and oxygen atoms in total. The van der Waals surface area contributed by atoms with Crippen molar-refractivity contribution in [1.82, 2.24) is 9.21 Å². The van der Waals surface area contributed by atoms with Crippen LogP contribution in [-0.2, 0) is 10.0 Å². The minimum atomic E-state index is -3.39. The molecule has 2 aromatic rings. The Morgan fingerprint density at radius 2 is 1.62 bits per heavy atom. The number of piperazine rings is 1. The maximum absolute atomic E-state index is 13.0. The average Bonchev–Trinajstić information content (AvgIpc) is 3.23. The molecule has 0 spiro atoms. The summed E-state index contributed by atoms with van der Waals surface area (Å²) in [6.45, 7) is 5.59. The third-order valence-electron chi connectivity index (χ3n) is 5.64. The van der Waals surface area contributed by atoms with E-state index in [-0.39, 0.29) is 18.4 Å². The van der Waals surface area contributed by atoms with Crippen molar-refractivity contribution < 1.29 is 8.42 Å². The fourth-order valence-electron chi connectivity index (χ4n) is 4.20. The fourth-order valence-corrected chi connectivity index (χ4v) is 5.86. The second-order valence-electron chi connectivity index (χ2n) is 7.21. The van der Waals surface area contributed by atoms with E-state index in [0.717, 1.165) is 18.5 Å². The zero-order valence-corrected chi connectivity index (χ0v) is 16.7. The summed E-state index contributed by atoms with van der Waals surface area (Å²) in [5.41, 5.74) is 2.37. The second-order valence-corrected chi connectivity index (χ2v) is 9.11. The molecule has 0 unspecified atom stereocenters. The number of nitrogens with zero attached hydrogens (tertiary/aromatic N) is 2. The first-order valence-electron chi connectivity index (χ1n) is 8.86. The topological polar surface area (TPSA) is 40.6 Å². The van der Waals surface area contributed by atoms with Crippen LogP contribution in [0.1, 0.15) is 30.5 Å². The Morgan fingerprint density at radius 1 is 0.962 bits per heavy atom. The minimum Gasteiger partial charge on any atom is -0.291 e. The molecule has 2 aromatic carbocycles. The van der Waals surface area contributed by atoms with Crippen LogP contribution in [0.15, 0.2) is 59.5 Å². The van der Waals surface area contributed by atoms with Crippen LogP contribution in [0.3, 0.4) is 0 Å².